The molecule has 1 saturated carbocycles. The predicted molar refractivity (Wildman–Crippen MR) is 91.6 cm³/mol. The van der Waals surface area contributed by atoms with Gasteiger partial charge in [0.15, 0.2) is 0 Å². The standard InChI is InChI=1S/C18H21ClN2/c1-21(2)18-8-6-16(7-9-18)20-17-11-14(12-17)13-4-3-5-15(19)10-13/h3-10,14,17,20H,11-12H2,1-2H3. The lowest BCUT2D eigenvalue weighted by atomic mass is 9.76. The molecule has 0 atom stereocenters. The number of nitrogens with one attached hydrogen (secondary N) is 1. The second-order valence-electron chi connectivity index (χ2n) is 6.01. The van der Waals surface area contributed by atoms with Crippen molar-refractivity contribution < 1.29 is 0 Å². The second-order valence-corrected chi connectivity index (χ2v) is 6.44. The molecule has 1 aliphatic rings. The van der Waals surface area contributed by atoms with Crippen molar-refractivity contribution in [3.05, 3.63) is 59.1 Å². The number of hydrogen-bond donors (Lipinski definition) is 1. The molecule has 1 aliphatic carbocycles. The zero-order valence-corrected chi connectivity index (χ0v) is 13.3. The third-order valence-electron chi connectivity index (χ3n) is 4.21. The first-order chi connectivity index (χ1) is 10.1. The van der Waals surface area contributed by atoms with Gasteiger partial charge in [-0.05, 0) is 60.7 Å². The number of anilines is 2. The van der Waals surface area contributed by atoms with Gasteiger partial charge in [0.1, 0.15) is 0 Å². The zero-order chi connectivity index (χ0) is 14.8. The summed E-state index contributed by atoms with van der Waals surface area (Å²) in [6, 6.07) is 17.4. The van der Waals surface area contributed by atoms with Crippen LogP contribution in [0.25, 0.3) is 0 Å². The van der Waals surface area contributed by atoms with Crippen LogP contribution < -0.4 is 10.2 Å². The third kappa shape index (κ3) is 3.33. The molecule has 0 spiro atoms. The molecule has 3 heteroatoms. The smallest absolute Gasteiger partial charge is 0.0408 e. The summed E-state index contributed by atoms with van der Waals surface area (Å²) in [5.74, 6) is 0.641. The molecule has 21 heavy (non-hydrogen) atoms. The largest absolute Gasteiger partial charge is 0.382 e. The van der Waals surface area contributed by atoms with E-state index in [2.05, 4.69) is 60.7 Å². The molecule has 0 saturated heterocycles. The lowest BCUT2D eigenvalue weighted by molar-refractivity contribution is 0.374. The van der Waals surface area contributed by atoms with Crippen molar-refractivity contribution in [3.63, 3.8) is 0 Å². The SMILES string of the molecule is CN(C)c1ccc(NC2CC(c3cccc(Cl)c3)C2)cc1. The van der Waals surface area contributed by atoms with E-state index in [1.165, 1.54) is 29.8 Å². The van der Waals surface area contributed by atoms with Gasteiger partial charge in [-0.3, -0.25) is 0 Å². The van der Waals surface area contributed by atoms with Crippen molar-refractivity contribution in [2.45, 2.75) is 24.8 Å². The fraction of sp³-hybridized carbons (Fsp3) is 0.333. The van der Waals surface area contributed by atoms with E-state index in [0.717, 1.165) is 5.02 Å². The summed E-state index contributed by atoms with van der Waals surface area (Å²) in [5.41, 5.74) is 3.80. The van der Waals surface area contributed by atoms with E-state index in [4.69, 9.17) is 11.6 Å². The lowest BCUT2D eigenvalue weighted by Crippen LogP contribution is -2.33. The Balaban J connectivity index is 1.55. The molecule has 2 aromatic carbocycles. The maximum Gasteiger partial charge on any atom is 0.0408 e. The number of rotatable bonds is 4. The minimum absolute atomic E-state index is 0.569. The van der Waals surface area contributed by atoms with Crippen molar-refractivity contribution in [2.24, 2.45) is 0 Å². The van der Waals surface area contributed by atoms with Gasteiger partial charge in [-0.2, -0.15) is 0 Å². The van der Waals surface area contributed by atoms with Crippen molar-refractivity contribution in [1.29, 1.82) is 0 Å². The predicted octanol–water partition coefficient (Wildman–Crippen LogP) is 4.76. The highest BCUT2D eigenvalue weighted by atomic mass is 35.5. The molecule has 2 aromatic rings. The molecular weight excluding hydrogens is 280 g/mol. The van der Waals surface area contributed by atoms with Crippen LogP contribution in [0.4, 0.5) is 11.4 Å². The summed E-state index contributed by atoms with van der Waals surface area (Å²) in [7, 11) is 4.12. The number of hydrogen-bond acceptors (Lipinski definition) is 2. The van der Waals surface area contributed by atoms with E-state index in [1.54, 1.807) is 0 Å². The third-order valence-corrected chi connectivity index (χ3v) is 4.45. The summed E-state index contributed by atoms with van der Waals surface area (Å²) in [6.07, 6.45) is 2.35. The fourth-order valence-corrected chi connectivity index (χ4v) is 3.06. The Labute approximate surface area is 131 Å². The lowest BCUT2D eigenvalue weighted by Gasteiger charge is -2.37. The highest BCUT2D eigenvalue weighted by Gasteiger charge is 2.30. The van der Waals surface area contributed by atoms with Crippen LogP contribution in [0.1, 0.15) is 24.3 Å². The Morgan fingerprint density at radius 3 is 2.38 bits per heavy atom. The van der Waals surface area contributed by atoms with E-state index >= 15 is 0 Å². The Morgan fingerprint density at radius 1 is 1.05 bits per heavy atom. The van der Waals surface area contributed by atoms with Gasteiger partial charge < -0.3 is 10.2 Å². The summed E-state index contributed by atoms with van der Waals surface area (Å²) in [6.45, 7) is 0. The Kier molecular flexibility index (Phi) is 4.07. The van der Waals surface area contributed by atoms with Crippen LogP contribution >= 0.6 is 11.6 Å². The highest BCUT2D eigenvalue weighted by molar-refractivity contribution is 6.30. The zero-order valence-electron chi connectivity index (χ0n) is 12.5. The molecule has 1 fully saturated rings. The molecule has 110 valence electrons. The van der Waals surface area contributed by atoms with Crippen LogP contribution in [0.5, 0.6) is 0 Å². The normalized spacial score (nSPS) is 20.7. The van der Waals surface area contributed by atoms with E-state index in [-0.39, 0.29) is 0 Å². The second kappa shape index (κ2) is 5.98. The summed E-state index contributed by atoms with van der Waals surface area (Å²) in [5, 5.41) is 4.44. The monoisotopic (exact) mass is 300 g/mol. The van der Waals surface area contributed by atoms with Gasteiger partial charge in [-0.1, -0.05) is 23.7 Å². The summed E-state index contributed by atoms with van der Waals surface area (Å²) in [4.78, 5) is 2.11. The van der Waals surface area contributed by atoms with Crippen molar-refractivity contribution in [1.82, 2.24) is 0 Å². The topological polar surface area (TPSA) is 15.3 Å². The molecule has 0 unspecified atom stereocenters. The summed E-state index contributed by atoms with van der Waals surface area (Å²) >= 11 is 6.06. The average molecular weight is 301 g/mol. The molecule has 0 heterocycles. The van der Waals surface area contributed by atoms with Crippen LogP contribution in [0, 0.1) is 0 Å². The first kappa shape index (κ1) is 14.3. The van der Waals surface area contributed by atoms with Gasteiger partial charge in [-0.15, -0.1) is 0 Å². The van der Waals surface area contributed by atoms with Crippen molar-refractivity contribution in [2.75, 3.05) is 24.3 Å². The van der Waals surface area contributed by atoms with Gasteiger partial charge in [0.2, 0.25) is 0 Å². The van der Waals surface area contributed by atoms with Crippen LogP contribution in [0.2, 0.25) is 5.02 Å². The van der Waals surface area contributed by atoms with Gasteiger partial charge in [0.05, 0.1) is 0 Å². The van der Waals surface area contributed by atoms with Gasteiger partial charge >= 0.3 is 0 Å². The van der Waals surface area contributed by atoms with Crippen LogP contribution in [-0.2, 0) is 0 Å². The van der Waals surface area contributed by atoms with Crippen LogP contribution in [0.3, 0.4) is 0 Å². The number of halogens is 1. The molecule has 1 N–H and O–H groups in total. The average Bonchev–Trinajstić information content (AvgIpc) is 2.43. The van der Waals surface area contributed by atoms with Gasteiger partial charge in [0, 0.05) is 36.5 Å². The molecule has 0 aliphatic heterocycles. The van der Waals surface area contributed by atoms with E-state index in [0.29, 0.717) is 12.0 Å². The highest BCUT2D eigenvalue weighted by Crippen LogP contribution is 2.39. The van der Waals surface area contributed by atoms with E-state index in [9.17, 15) is 0 Å². The Bertz CT molecular complexity index is 601. The maximum absolute atomic E-state index is 6.06. The molecular formula is C18H21ClN2. The molecule has 2 nitrogen and oxygen atoms in total. The van der Waals surface area contributed by atoms with Crippen LogP contribution in [-0.4, -0.2) is 20.1 Å². The van der Waals surface area contributed by atoms with E-state index < -0.39 is 0 Å². The number of benzene rings is 2. The quantitative estimate of drug-likeness (QED) is 0.875. The van der Waals surface area contributed by atoms with Crippen molar-refractivity contribution in [3.8, 4) is 0 Å². The van der Waals surface area contributed by atoms with Gasteiger partial charge in [-0.25, -0.2) is 0 Å². The minimum atomic E-state index is 0.569. The fourth-order valence-electron chi connectivity index (χ4n) is 2.86. The van der Waals surface area contributed by atoms with Gasteiger partial charge in [0.25, 0.3) is 0 Å². The number of nitrogens with zero attached hydrogens (tertiary/aromatic N) is 1. The molecule has 0 radical (unpaired) electrons. The molecule has 3 rings (SSSR count). The van der Waals surface area contributed by atoms with Crippen molar-refractivity contribution >= 4 is 23.0 Å². The van der Waals surface area contributed by atoms with E-state index in [1.807, 2.05) is 12.1 Å². The summed E-state index contributed by atoms with van der Waals surface area (Å²) < 4.78 is 0. The van der Waals surface area contributed by atoms with Crippen LogP contribution in [0.15, 0.2) is 48.5 Å². The first-order valence-corrected chi connectivity index (χ1v) is 7.79. The maximum atomic E-state index is 6.06. The molecule has 0 amide bonds. The minimum Gasteiger partial charge on any atom is -0.382 e. The first-order valence-electron chi connectivity index (χ1n) is 7.41. The Morgan fingerprint density at radius 2 is 1.76 bits per heavy atom. The Hall–Kier alpha value is -1.67. The molecule has 0 aromatic heterocycles. The molecule has 0 bridgehead atoms.